The fourth-order valence-electron chi connectivity index (χ4n) is 4.51. The molecule has 9 nitrogen and oxygen atoms in total. The molecule has 4 rings (SSSR count). The lowest BCUT2D eigenvalue weighted by Crippen LogP contribution is -2.61. The Kier molecular flexibility index (Phi) is 9.16. The maximum absolute atomic E-state index is 13.8. The van der Waals surface area contributed by atoms with Crippen LogP contribution in [-0.4, -0.2) is 73.2 Å². The molecule has 0 aliphatic carbocycles. The predicted molar refractivity (Wildman–Crippen MR) is 137 cm³/mol. The van der Waals surface area contributed by atoms with Crippen LogP contribution >= 0.6 is 11.6 Å². The number of hydrogen-bond acceptors (Lipinski definition) is 8. The summed E-state index contributed by atoms with van der Waals surface area (Å²) in [6, 6.07) is 3.88. The van der Waals surface area contributed by atoms with Gasteiger partial charge in [0, 0.05) is 11.0 Å². The highest BCUT2D eigenvalue weighted by atomic mass is 35.5. The van der Waals surface area contributed by atoms with Gasteiger partial charge in [-0.2, -0.15) is 0 Å². The van der Waals surface area contributed by atoms with Crippen molar-refractivity contribution in [3.05, 3.63) is 70.4 Å². The third-order valence-electron chi connectivity index (χ3n) is 6.73. The zero-order valence-electron chi connectivity index (χ0n) is 22.1. The van der Waals surface area contributed by atoms with E-state index in [1.165, 1.54) is 12.1 Å². The van der Waals surface area contributed by atoms with E-state index in [2.05, 4.69) is 10.3 Å². The standard InChI is InChI=1S/C27H28ClF4N3O6/c1-27(2,3)26(39)25(40-11-12-4-5-15(29)14(28)6-12)24-23(38)21(22(37)19(10-36)41-24)35-9-18(33-34-35)13-7-16(30)20(32)17(31)8-13/h4-9,19,21-25,36-38H,10-11H2,1-3H3/t19?,21-,22-,23?,24+,25-/m0/s1. The molecule has 3 N–H and O–H groups in total. The van der Waals surface area contributed by atoms with Gasteiger partial charge in [0.1, 0.15) is 48.1 Å². The van der Waals surface area contributed by atoms with E-state index < -0.39 is 77.6 Å². The Labute approximate surface area is 237 Å². The minimum atomic E-state index is -1.68. The van der Waals surface area contributed by atoms with Crippen molar-refractivity contribution in [1.82, 2.24) is 15.0 Å². The minimum absolute atomic E-state index is 0.113. The number of ether oxygens (including phenoxy) is 2. The third-order valence-corrected chi connectivity index (χ3v) is 7.02. The number of ketones is 1. The van der Waals surface area contributed by atoms with Gasteiger partial charge in [0.2, 0.25) is 0 Å². The van der Waals surface area contributed by atoms with Gasteiger partial charge in [-0.05, 0) is 29.8 Å². The molecule has 2 aromatic carbocycles. The molecule has 0 amide bonds. The second kappa shape index (κ2) is 12.1. The molecule has 0 bridgehead atoms. The number of hydrogen-bond donors (Lipinski definition) is 3. The van der Waals surface area contributed by atoms with E-state index in [1.54, 1.807) is 20.8 Å². The molecule has 222 valence electrons. The maximum atomic E-state index is 13.8. The Bertz CT molecular complexity index is 1390. The van der Waals surface area contributed by atoms with Gasteiger partial charge in [-0.25, -0.2) is 22.2 Å². The number of nitrogens with zero attached hydrogens (tertiary/aromatic N) is 3. The van der Waals surface area contributed by atoms with Crippen LogP contribution in [-0.2, 0) is 20.9 Å². The number of aliphatic hydroxyl groups excluding tert-OH is 3. The summed E-state index contributed by atoms with van der Waals surface area (Å²) in [5, 5.41) is 39.8. The second-order valence-electron chi connectivity index (χ2n) is 10.7. The number of benzene rings is 2. The van der Waals surface area contributed by atoms with Gasteiger partial charge in [-0.3, -0.25) is 4.79 Å². The van der Waals surface area contributed by atoms with Crippen molar-refractivity contribution < 1.29 is 47.1 Å². The lowest BCUT2D eigenvalue weighted by Gasteiger charge is -2.45. The highest BCUT2D eigenvalue weighted by Gasteiger charge is 2.51. The summed E-state index contributed by atoms with van der Waals surface area (Å²) >= 11 is 5.85. The summed E-state index contributed by atoms with van der Waals surface area (Å²) in [5.41, 5.74) is -0.854. The first-order valence-corrected chi connectivity index (χ1v) is 12.9. The number of aliphatic hydroxyl groups is 3. The number of carbonyl (C=O) groups excluding carboxylic acids is 1. The Hall–Kier alpha value is -2.94. The molecule has 0 spiro atoms. The normalized spacial score (nSPS) is 23.9. The van der Waals surface area contributed by atoms with Crippen LogP contribution in [0.25, 0.3) is 11.3 Å². The molecule has 1 fully saturated rings. The van der Waals surface area contributed by atoms with Gasteiger partial charge in [0.25, 0.3) is 0 Å². The van der Waals surface area contributed by atoms with Crippen molar-refractivity contribution in [2.24, 2.45) is 5.41 Å². The molecule has 3 aromatic rings. The topological polar surface area (TPSA) is 127 Å². The first-order valence-electron chi connectivity index (χ1n) is 12.5. The van der Waals surface area contributed by atoms with Crippen LogP contribution in [0, 0.1) is 28.7 Å². The van der Waals surface area contributed by atoms with Gasteiger partial charge < -0.3 is 24.8 Å². The van der Waals surface area contributed by atoms with Crippen LogP contribution in [0.2, 0.25) is 5.02 Å². The molecule has 14 heteroatoms. The van der Waals surface area contributed by atoms with Gasteiger partial charge in [0.05, 0.1) is 24.4 Å². The zero-order valence-corrected chi connectivity index (χ0v) is 22.9. The highest BCUT2D eigenvalue weighted by Crippen LogP contribution is 2.35. The van der Waals surface area contributed by atoms with E-state index in [1.807, 2.05) is 0 Å². The summed E-state index contributed by atoms with van der Waals surface area (Å²) < 4.78 is 67.3. The minimum Gasteiger partial charge on any atom is -0.394 e. The van der Waals surface area contributed by atoms with Crippen LogP contribution in [0.15, 0.2) is 36.5 Å². The molecule has 1 aliphatic rings. The SMILES string of the molecule is CC(C)(C)C(=O)[C@@H](OCc1ccc(F)c(Cl)c1)[C@@H]1OC(CO)[C@H](O)[C@H](n2cc(-c3cc(F)c(F)c(F)c3)nn2)C1O. The maximum Gasteiger partial charge on any atom is 0.194 e. The van der Waals surface area contributed by atoms with Crippen molar-refractivity contribution >= 4 is 17.4 Å². The van der Waals surface area contributed by atoms with Gasteiger partial charge >= 0.3 is 0 Å². The zero-order chi connectivity index (χ0) is 30.2. The fraction of sp³-hybridized carbons (Fsp3) is 0.444. The number of aromatic nitrogens is 3. The Morgan fingerprint density at radius 1 is 1.10 bits per heavy atom. The average Bonchev–Trinajstić information content (AvgIpc) is 3.39. The molecule has 2 unspecified atom stereocenters. The van der Waals surface area contributed by atoms with E-state index in [0.29, 0.717) is 17.7 Å². The summed E-state index contributed by atoms with van der Waals surface area (Å²) in [5.74, 6) is -5.71. The van der Waals surface area contributed by atoms with Crippen LogP contribution in [0.3, 0.4) is 0 Å². The van der Waals surface area contributed by atoms with E-state index in [-0.39, 0.29) is 22.9 Å². The number of carbonyl (C=O) groups is 1. The van der Waals surface area contributed by atoms with E-state index in [0.717, 1.165) is 16.9 Å². The van der Waals surface area contributed by atoms with Crippen molar-refractivity contribution in [3.63, 3.8) is 0 Å². The molecule has 6 atom stereocenters. The first-order chi connectivity index (χ1) is 19.2. The summed E-state index contributed by atoms with van der Waals surface area (Å²) in [7, 11) is 0. The van der Waals surface area contributed by atoms with Gasteiger partial charge in [-0.15, -0.1) is 5.10 Å². The Balaban J connectivity index is 1.68. The first kappa shape index (κ1) is 31.0. The largest absolute Gasteiger partial charge is 0.394 e. The van der Waals surface area contributed by atoms with Gasteiger partial charge in [0.15, 0.2) is 23.2 Å². The molecule has 1 aliphatic heterocycles. The Morgan fingerprint density at radius 2 is 1.76 bits per heavy atom. The summed E-state index contributed by atoms with van der Waals surface area (Å²) in [4.78, 5) is 13.5. The van der Waals surface area contributed by atoms with E-state index in [9.17, 15) is 37.7 Å². The summed E-state index contributed by atoms with van der Waals surface area (Å²) in [6.45, 7) is 3.91. The van der Waals surface area contributed by atoms with Crippen molar-refractivity contribution in [2.45, 2.75) is 63.9 Å². The molecule has 1 aromatic heterocycles. The van der Waals surface area contributed by atoms with Crippen molar-refractivity contribution in [1.29, 1.82) is 0 Å². The molecular formula is C27H28ClF4N3O6. The second-order valence-corrected chi connectivity index (χ2v) is 11.1. The molecule has 2 heterocycles. The number of Topliss-reactive ketones (excluding diaryl/α,β-unsaturated/α-hetero) is 1. The Morgan fingerprint density at radius 3 is 2.34 bits per heavy atom. The highest BCUT2D eigenvalue weighted by molar-refractivity contribution is 6.30. The summed E-state index contributed by atoms with van der Waals surface area (Å²) in [6.07, 6.45) is -6.32. The monoisotopic (exact) mass is 601 g/mol. The molecule has 1 saturated heterocycles. The van der Waals surface area contributed by atoms with Crippen molar-refractivity contribution in [2.75, 3.05) is 6.61 Å². The lowest BCUT2D eigenvalue weighted by molar-refractivity contribution is -0.236. The number of rotatable bonds is 8. The van der Waals surface area contributed by atoms with Crippen molar-refractivity contribution in [3.8, 4) is 11.3 Å². The number of halogens is 5. The smallest absolute Gasteiger partial charge is 0.194 e. The lowest BCUT2D eigenvalue weighted by atomic mass is 9.81. The van der Waals surface area contributed by atoms with E-state index >= 15 is 0 Å². The molecular weight excluding hydrogens is 574 g/mol. The van der Waals surface area contributed by atoms with Crippen LogP contribution in [0.4, 0.5) is 17.6 Å². The average molecular weight is 602 g/mol. The molecule has 0 radical (unpaired) electrons. The fourth-order valence-corrected chi connectivity index (χ4v) is 4.72. The molecule has 0 saturated carbocycles. The van der Waals surface area contributed by atoms with Crippen LogP contribution in [0.5, 0.6) is 0 Å². The van der Waals surface area contributed by atoms with E-state index in [4.69, 9.17) is 21.1 Å². The predicted octanol–water partition coefficient (Wildman–Crippen LogP) is 3.38. The van der Waals surface area contributed by atoms with Crippen LogP contribution in [0.1, 0.15) is 32.4 Å². The molecule has 41 heavy (non-hydrogen) atoms. The van der Waals surface area contributed by atoms with Crippen LogP contribution < -0.4 is 0 Å². The van der Waals surface area contributed by atoms with Gasteiger partial charge in [-0.1, -0.05) is 43.7 Å². The quantitative estimate of drug-likeness (QED) is 0.265. The third kappa shape index (κ3) is 6.45.